The normalized spacial score (nSPS) is 27.8. The van der Waals surface area contributed by atoms with Crippen molar-refractivity contribution in [1.82, 2.24) is 24.3 Å². The van der Waals surface area contributed by atoms with Gasteiger partial charge in [-0.25, -0.2) is 14.1 Å². The Morgan fingerprint density at radius 2 is 2.00 bits per heavy atom. The smallest absolute Gasteiger partial charge is 0.274 e. The molecule has 3 saturated carbocycles. The monoisotopic (exact) mass is 499 g/mol. The Hall–Kier alpha value is -2.98. The molecule has 3 aliphatic rings. The van der Waals surface area contributed by atoms with Crippen molar-refractivity contribution in [1.29, 1.82) is 0 Å². The predicted octanol–water partition coefficient (Wildman–Crippen LogP) is 3.76. The number of rotatable bonds is 5. The first kappa shape index (κ1) is 22.5. The van der Waals surface area contributed by atoms with Crippen molar-refractivity contribution in [2.24, 2.45) is 18.9 Å². The van der Waals surface area contributed by atoms with Gasteiger partial charge in [0.15, 0.2) is 5.82 Å². The Morgan fingerprint density at radius 1 is 1.29 bits per heavy atom. The standard InChI is InChI=1S/C24H27ClFN7O2/c1-32-11-28-19(20(32)21(34)29-15-2-5-18(26)17(25)8-15)12-6-13-9-24(35,10-14(13)7-12)22-30-23(27)31-33(22)16-3-4-16/h2,5,8,11-14,16,35H,3-4,6-7,9-10H2,1H3,(H2,27,31)(H,29,34). The number of fused-ring (bicyclic) bond motifs is 1. The maximum Gasteiger partial charge on any atom is 0.274 e. The first-order valence-electron chi connectivity index (χ1n) is 11.9. The molecule has 0 bridgehead atoms. The number of imidazole rings is 1. The number of hydrogen-bond acceptors (Lipinski definition) is 6. The molecule has 0 radical (unpaired) electrons. The van der Waals surface area contributed by atoms with Crippen LogP contribution < -0.4 is 11.1 Å². The van der Waals surface area contributed by atoms with Crippen LogP contribution in [0.15, 0.2) is 24.5 Å². The van der Waals surface area contributed by atoms with Crippen molar-refractivity contribution >= 4 is 29.1 Å². The Bertz CT molecular complexity index is 1300. The van der Waals surface area contributed by atoms with Crippen LogP contribution in [0, 0.1) is 17.7 Å². The lowest BCUT2D eigenvalue weighted by atomic mass is 9.91. The lowest BCUT2D eigenvalue weighted by Gasteiger charge is -2.24. The van der Waals surface area contributed by atoms with Crippen molar-refractivity contribution < 1.29 is 14.3 Å². The Kier molecular flexibility index (Phi) is 5.16. The van der Waals surface area contributed by atoms with Crippen molar-refractivity contribution in [3.63, 3.8) is 0 Å². The summed E-state index contributed by atoms with van der Waals surface area (Å²) < 4.78 is 17.0. The summed E-state index contributed by atoms with van der Waals surface area (Å²) in [6.07, 6.45) is 6.58. The number of amides is 1. The van der Waals surface area contributed by atoms with E-state index in [0.29, 0.717) is 41.9 Å². The van der Waals surface area contributed by atoms with E-state index in [1.165, 1.54) is 18.2 Å². The number of aryl methyl sites for hydroxylation is 1. The molecule has 2 atom stereocenters. The summed E-state index contributed by atoms with van der Waals surface area (Å²) >= 11 is 5.86. The zero-order valence-corrected chi connectivity index (χ0v) is 20.0. The van der Waals surface area contributed by atoms with E-state index in [2.05, 4.69) is 20.4 Å². The molecular formula is C24H27ClFN7O2. The van der Waals surface area contributed by atoms with E-state index in [1.807, 2.05) is 4.68 Å². The lowest BCUT2D eigenvalue weighted by molar-refractivity contribution is 0.0207. The summed E-state index contributed by atoms with van der Waals surface area (Å²) in [5, 5.41) is 18.6. The first-order chi connectivity index (χ1) is 16.7. The minimum absolute atomic E-state index is 0.0524. The highest BCUT2D eigenvalue weighted by atomic mass is 35.5. The molecule has 1 aromatic carbocycles. The largest absolute Gasteiger partial charge is 0.382 e. The van der Waals surface area contributed by atoms with Gasteiger partial charge < -0.3 is 20.7 Å². The second-order valence-corrected chi connectivity index (χ2v) is 10.7. The van der Waals surface area contributed by atoms with E-state index in [1.54, 1.807) is 17.9 Å². The molecule has 4 N–H and O–H groups in total. The van der Waals surface area contributed by atoms with E-state index < -0.39 is 11.4 Å². The van der Waals surface area contributed by atoms with Gasteiger partial charge in [0, 0.05) is 18.7 Å². The van der Waals surface area contributed by atoms with E-state index in [0.717, 1.165) is 31.4 Å². The number of carbonyl (C=O) groups is 1. The number of nitrogens with one attached hydrogen (secondary N) is 1. The van der Waals surface area contributed by atoms with Gasteiger partial charge in [0.1, 0.15) is 17.1 Å². The van der Waals surface area contributed by atoms with E-state index in [4.69, 9.17) is 17.3 Å². The van der Waals surface area contributed by atoms with E-state index in [-0.39, 0.29) is 28.8 Å². The van der Waals surface area contributed by atoms with Crippen LogP contribution in [0.1, 0.15) is 72.5 Å². The van der Waals surface area contributed by atoms with Gasteiger partial charge in [0.05, 0.1) is 23.1 Å². The molecular weight excluding hydrogens is 473 g/mol. The lowest BCUT2D eigenvalue weighted by Crippen LogP contribution is -2.28. The molecule has 2 heterocycles. The maximum absolute atomic E-state index is 13.5. The fourth-order valence-electron chi connectivity index (χ4n) is 6.09. The number of benzene rings is 1. The van der Waals surface area contributed by atoms with Gasteiger partial charge in [-0.3, -0.25) is 4.79 Å². The van der Waals surface area contributed by atoms with E-state index >= 15 is 0 Å². The summed E-state index contributed by atoms with van der Waals surface area (Å²) in [5.74, 6) is 0.653. The quantitative estimate of drug-likeness (QED) is 0.491. The van der Waals surface area contributed by atoms with Crippen LogP contribution in [0.2, 0.25) is 5.02 Å². The molecule has 0 saturated heterocycles. The summed E-state index contributed by atoms with van der Waals surface area (Å²) in [4.78, 5) is 22.1. The third kappa shape index (κ3) is 3.88. The van der Waals surface area contributed by atoms with Gasteiger partial charge in [0.25, 0.3) is 5.91 Å². The number of nitrogens with zero attached hydrogens (tertiary/aromatic N) is 5. The third-order valence-electron chi connectivity index (χ3n) is 7.74. The zero-order valence-electron chi connectivity index (χ0n) is 19.3. The molecule has 2 aromatic heterocycles. The highest BCUT2D eigenvalue weighted by Crippen LogP contribution is 2.57. The molecule has 3 aliphatic carbocycles. The van der Waals surface area contributed by atoms with Gasteiger partial charge in [-0.1, -0.05) is 11.6 Å². The number of halogens is 2. The van der Waals surface area contributed by atoms with Gasteiger partial charge in [-0.15, -0.1) is 5.10 Å². The highest BCUT2D eigenvalue weighted by molar-refractivity contribution is 6.31. The number of nitrogens with two attached hydrogens (primary N) is 1. The van der Waals surface area contributed by atoms with Crippen molar-refractivity contribution in [2.75, 3.05) is 11.1 Å². The fraction of sp³-hybridized carbons (Fsp3) is 0.500. The number of aromatic nitrogens is 5. The summed E-state index contributed by atoms with van der Waals surface area (Å²) in [5.41, 5.74) is 6.49. The minimum atomic E-state index is -1.03. The summed E-state index contributed by atoms with van der Waals surface area (Å²) in [7, 11) is 1.78. The molecule has 35 heavy (non-hydrogen) atoms. The van der Waals surface area contributed by atoms with Crippen molar-refractivity contribution in [3.8, 4) is 0 Å². The molecule has 1 amide bonds. The van der Waals surface area contributed by atoms with Gasteiger partial charge in [0.2, 0.25) is 5.95 Å². The van der Waals surface area contributed by atoms with Crippen LogP contribution >= 0.6 is 11.6 Å². The molecule has 3 fully saturated rings. The minimum Gasteiger partial charge on any atom is -0.382 e. The first-order valence-corrected chi connectivity index (χ1v) is 12.3. The molecule has 184 valence electrons. The predicted molar refractivity (Wildman–Crippen MR) is 127 cm³/mol. The number of carbonyl (C=O) groups excluding carboxylic acids is 1. The molecule has 11 heteroatoms. The molecule has 6 rings (SSSR count). The molecule has 9 nitrogen and oxygen atoms in total. The van der Waals surface area contributed by atoms with Crippen LogP contribution in [0.3, 0.4) is 0 Å². The molecule has 0 aliphatic heterocycles. The zero-order chi connectivity index (χ0) is 24.5. The number of anilines is 2. The maximum atomic E-state index is 13.5. The average Bonchev–Trinajstić information content (AvgIpc) is 3.10. The van der Waals surface area contributed by atoms with Crippen molar-refractivity contribution in [2.45, 2.75) is 56.1 Å². The fourth-order valence-corrected chi connectivity index (χ4v) is 6.27. The van der Waals surface area contributed by atoms with Gasteiger partial charge in [-0.2, -0.15) is 4.98 Å². The van der Waals surface area contributed by atoms with Crippen LogP contribution in [0.25, 0.3) is 0 Å². The van der Waals surface area contributed by atoms with Crippen LogP contribution in [-0.2, 0) is 12.6 Å². The van der Waals surface area contributed by atoms with Gasteiger partial charge in [-0.05, 0) is 68.6 Å². The highest BCUT2D eigenvalue weighted by Gasteiger charge is 2.53. The number of hydrogen-bond donors (Lipinski definition) is 3. The summed E-state index contributed by atoms with van der Waals surface area (Å²) in [6.45, 7) is 0. The van der Waals surface area contributed by atoms with Gasteiger partial charge >= 0.3 is 0 Å². The summed E-state index contributed by atoms with van der Waals surface area (Å²) in [6, 6.07) is 4.37. The average molecular weight is 500 g/mol. The Balaban J connectivity index is 1.19. The Labute approximate surface area is 206 Å². The van der Waals surface area contributed by atoms with Crippen molar-refractivity contribution in [3.05, 3.63) is 52.6 Å². The SMILES string of the molecule is Cn1cnc(C2CC3CC(O)(c4nc(N)nn4C4CC4)CC3C2)c1C(=O)Nc1ccc(F)c(Cl)c1. The molecule has 3 aromatic rings. The number of aliphatic hydroxyl groups is 1. The second kappa shape index (κ2) is 8.03. The molecule has 2 unspecified atom stereocenters. The van der Waals surface area contributed by atoms with E-state index in [9.17, 15) is 14.3 Å². The topological polar surface area (TPSA) is 124 Å². The Morgan fingerprint density at radius 3 is 2.66 bits per heavy atom. The third-order valence-corrected chi connectivity index (χ3v) is 8.03. The van der Waals surface area contributed by atoms with Crippen LogP contribution in [-0.4, -0.2) is 35.3 Å². The number of nitrogen functional groups attached to an aromatic ring is 1. The van der Waals surface area contributed by atoms with Crippen LogP contribution in [0.4, 0.5) is 16.0 Å². The molecule has 0 spiro atoms. The van der Waals surface area contributed by atoms with Crippen LogP contribution in [0.5, 0.6) is 0 Å². The second-order valence-electron chi connectivity index (χ2n) is 10.3.